The molecule has 0 bridgehead atoms. The van der Waals surface area contributed by atoms with Crippen molar-refractivity contribution in [3.63, 3.8) is 0 Å². The van der Waals surface area contributed by atoms with Crippen LogP contribution >= 0.6 is 0 Å². The van der Waals surface area contributed by atoms with Gasteiger partial charge in [-0.25, -0.2) is 4.98 Å². The fourth-order valence-corrected chi connectivity index (χ4v) is 2.85. The summed E-state index contributed by atoms with van der Waals surface area (Å²) in [6.07, 6.45) is 7.24. The Morgan fingerprint density at radius 3 is 3.00 bits per heavy atom. The summed E-state index contributed by atoms with van der Waals surface area (Å²) in [6, 6.07) is 8.56. The van der Waals surface area contributed by atoms with Gasteiger partial charge in [-0.3, -0.25) is 4.79 Å². The maximum atomic E-state index is 12.1. The minimum atomic E-state index is 0.0412. The monoisotopic (exact) mass is 328 g/mol. The Bertz CT molecular complexity index is 651. The van der Waals surface area contributed by atoms with Crippen molar-refractivity contribution in [2.24, 2.45) is 0 Å². The molecule has 0 radical (unpaired) electrons. The van der Waals surface area contributed by atoms with E-state index in [2.05, 4.69) is 34.7 Å². The maximum Gasteiger partial charge on any atom is 0.234 e. The first-order valence-corrected chi connectivity index (χ1v) is 8.41. The van der Waals surface area contributed by atoms with E-state index in [9.17, 15) is 4.79 Å². The van der Waals surface area contributed by atoms with Gasteiger partial charge in [0.25, 0.3) is 0 Å². The molecule has 6 nitrogen and oxygen atoms in total. The Balaban J connectivity index is 1.52. The van der Waals surface area contributed by atoms with Crippen LogP contribution in [0.1, 0.15) is 31.4 Å². The molecule has 0 aliphatic carbocycles. The molecule has 0 unspecified atom stereocenters. The van der Waals surface area contributed by atoms with Gasteiger partial charge >= 0.3 is 0 Å². The molecule has 1 fully saturated rings. The Morgan fingerprint density at radius 2 is 2.25 bits per heavy atom. The van der Waals surface area contributed by atoms with Crippen LogP contribution in [0.3, 0.4) is 0 Å². The number of hydrogen-bond donors (Lipinski definition) is 2. The molecule has 1 aromatic heterocycles. The molecule has 1 aromatic carbocycles. The topological polar surface area (TPSA) is 68.2 Å². The number of rotatable bonds is 6. The van der Waals surface area contributed by atoms with E-state index in [1.54, 1.807) is 12.5 Å². The zero-order valence-corrected chi connectivity index (χ0v) is 13.9. The van der Waals surface area contributed by atoms with Gasteiger partial charge < -0.3 is 19.9 Å². The lowest BCUT2D eigenvalue weighted by Gasteiger charge is -2.23. The zero-order valence-electron chi connectivity index (χ0n) is 13.9. The molecule has 1 atom stereocenters. The zero-order chi connectivity index (χ0) is 16.8. The first-order chi connectivity index (χ1) is 11.7. The Morgan fingerprint density at radius 1 is 1.42 bits per heavy atom. The third-order valence-corrected chi connectivity index (χ3v) is 4.33. The van der Waals surface area contributed by atoms with Crippen molar-refractivity contribution in [2.45, 2.75) is 31.8 Å². The lowest BCUT2D eigenvalue weighted by Crippen LogP contribution is -2.43. The average molecular weight is 328 g/mol. The van der Waals surface area contributed by atoms with Gasteiger partial charge in [-0.05, 0) is 37.5 Å². The second-order valence-corrected chi connectivity index (χ2v) is 6.12. The lowest BCUT2D eigenvalue weighted by molar-refractivity contribution is -0.121. The Labute approximate surface area is 142 Å². The quantitative estimate of drug-likeness (QED) is 0.849. The summed E-state index contributed by atoms with van der Waals surface area (Å²) in [6.45, 7) is 3.84. The summed E-state index contributed by atoms with van der Waals surface area (Å²) in [5, 5.41) is 6.36. The molecule has 24 heavy (non-hydrogen) atoms. The van der Waals surface area contributed by atoms with Gasteiger partial charge in [-0.2, -0.15) is 0 Å². The van der Waals surface area contributed by atoms with Crippen LogP contribution in [0.4, 0.5) is 0 Å². The summed E-state index contributed by atoms with van der Waals surface area (Å²) in [7, 11) is 0. The maximum absolute atomic E-state index is 12.1. The summed E-state index contributed by atoms with van der Waals surface area (Å²) in [5.74, 6) is 0.0412. The molecule has 2 N–H and O–H groups in total. The predicted molar refractivity (Wildman–Crippen MR) is 92.0 cm³/mol. The average Bonchev–Trinajstić information content (AvgIpc) is 3.15. The molecule has 1 saturated heterocycles. The van der Waals surface area contributed by atoms with E-state index in [0.717, 1.165) is 37.3 Å². The summed E-state index contributed by atoms with van der Waals surface area (Å²) < 4.78 is 7.27. The lowest BCUT2D eigenvalue weighted by atomic mass is 10.1. The van der Waals surface area contributed by atoms with Crippen molar-refractivity contribution in [1.29, 1.82) is 0 Å². The molecule has 0 spiro atoms. The van der Waals surface area contributed by atoms with Crippen LogP contribution in [0.15, 0.2) is 43.0 Å². The molecule has 1 aliphatic heterocycles. The van der Waals surface area contributed by atoms with E-state index in [4.69, 9.17) is 4.74 Å². The van der Waals surface area contributed by atoms with Crippen LogP contribution in [0, 0.1) is 0 Å². The highest BCUT2D eigenvalue weighted by Crippen LogP contribution is 2.16. The van der Waals surface area contributed by atoms with Gasteiger partial charge in [0.2, 0.25) is 5.91 Å². The predicted octanol–water partition coefficient (Wildman–Crippen LogP) is 1.82. The smallest absolute Gasteiger partial charge is 0.234 e. The van der Waals surface area contributed by atoms with Crippen molar-refractivity contribution >= 4 is 5.91 Å². The first-order valence-electron chi connectivity index (χ1n) is 8.41. The van der Waals surface area contributed by atoms with Crippen molar-refractivity contribution in [2.75, 3.05) is 19.8 Å². The summed E-state index contributed by atoms with van der Waals surface area (Å²) in [5.41, 5.74) is 2.20. The number of carbonyl (C=O) groups is 1. The number of nitrogens with one attached hydrogen (secondary N) is 2. The van der Waals surface area contributed by atoms with E-state index < -0.39 is 0 Å². The van der Waals surface area contributed by atoms with Gasteiger partial charge in [0.1, 0.15) is 0 Å². The van der Waals surface area contributed by atoms with E-state index in [0.29, 0.717) is 6.54 Å². The van der Waals surface area contributed by atoms with Crippen LogP contribution in [0.5, 0.6) is 0 Å². The molecular formula is C18H24N4O2. The Kier molecular flexibility index (Phi) is 5.61. The van der Waals surface area contributed by atoms with Gasteiger partial charge in [0, 0.05) is 43.4 Å². The second kappa shape index (κ2) is 8.08. The number of carbonyl (C=O) groups excluding carboxylic acids is 1. The highest BCUT2D eigenvalue weighted by Gasteiger charge is 2.16. The number of benzene rings is 1. The molecule has 6 heteroatoms. The second-order valence-electron chi connectivity index (χ2n) is 6.12. The van der Waals surface area contributed by atoms with E-state index >= 15 is 0 Å². The van der Waals surface area contributed by atoms with Gasteiger partial charge in [0.15, 0.2) is 0 Å². The number of hydrogen-bond acceptors (Lipinski definition) is 4. The number of ether oxygens (including phenoxy) is 1. The van der Waals surface area contributed by atoms with Crippen LogP contribution < -0.4 is 10.6 Å². The minimum Gasteiger partial charge on any atom is -0.381 e. The third-order valence-electron chi connectivity index (χ3n) is 4.33. The first kappa shape index (κ1) is 16.7. The van der Waals surface area contributed by atoms with Crippen LogP contribution in [-0.4, -0.2) is 41.3 Å². The van der Waals surface area contributed by atoms with Gasteiger partial charge in [-0.15, -0.1) is 0 Å². The van der Waals surface area contributed by atoms with Crippen LogP contribution in [0.2, 0.25) is 0 Å². The summed E-state index contributed by atoms with van der Waals surface area (Å²) in [4.78, 5) is 16.1. The molecular weight excluding hydrogens is 304 g/mol. The largest absolute Gasteiger partial charge is 0.381 e. The highest BCUT2D eigenvalue weighted by atomic mass is 16.5. The number of aromatic nitrogens is 2. The van der Waals surface area contributed by atoms with Crippen LogP contribution in [-0.2, 0) is 9.53 Å². The standard InChI is InChI=1S/C18H24N4O2/c1-14(20-12-18(23)21-16-5-9-24-10-6-16)15-3-2-4-17(11-15)22-8-7-19-13-22/h2-4,7-8,11,13-14,16,20H,5-6,9-10,12H2,1H3,(H,21,23)/t14-/m0/s1. The number of nitrogens with zero attached hydrogens (tertiary/aromatic N) is 2. The van der Waals surface area contributed by atoms with Gasteiger partial charge in [-0.1, -0.05) is 12.1 Å². The SMILES string of the molecule is C[C@H](NCC(=O)NC1CCOCC1)c1cccc(-n2ccnc2)c1. The normalized spacial score (nSPS) is 16.7. The van der Waals surface area contributed by atoms with Crippen LogP contribution in [0.25, 0.3) is 5.69 Å². The fourth-order valence-electron chi connectivity index (χ4n) is 2.85. The fraction of sp³-hybridized carbons (Fsp3) is 0.444. The van der Waals surface area contributed by atoms with Crippen molar-refractivity contribution in [1.82, 2.24) is 20.2 Å². The molecule has 2 heterocycles. The summed E-state index contributed by atoms with van der Waals surface area (Å²) >= 11 is 0. The van der Waals surface area contributed by atoms with E-state index in [-0.39, 0.29) is 18.0 Å². The van der Waals surface area contributed by atoms with Crippen molar-refractivity contribution < 1.29 is 9.53 Å². The number of amides is 1. The Hall–Kier alpha value is -2.18. The third kappa shape index (κ3) is 4.43. The molecule has 1 amide bonds. The number of imidazole rings is 1. The molecule has 1 aliphatic rings. The molecule has 128 valence electrons. The highest BCUT2D eigenvalue weighted by molar-refractivity contribution is 5.78. The minimum absolute atomic E-state index is 0.0412. The molecule has 0 saturated carbocycles. The van der Waals surface area contributed by atoms with Gasteiger partial charge in [0.05, 0.1) is 12.9 Å². The molecule has 3 rings (SSSR count). The van der Waals surface area contributed by atoms with E-state index in [1.165, 1.54) is 0 Å². The molecule has 2 aromatic rings. The van der Waals surface area contributed by atoms with E-state index in [1.807, 2.05) is 22.9 Å². The van der Waals surface area contributed by atoms with Crippen molar-refractivity contribution in [3.05, 3.63) is 48.5 Å². The van der Waals surface area contributed by atoms with Crippen molar-refractivity contribution in [3.8, 4) is 5.69 Å².